The van der Waals surface area contributed by atoms with Crippen molar-refractivity contribution in [3.63, 3.8) is 0 Å². The molecular formula is C17H21N3O3S. The fraction of sp³-hybridized carbons (Fsp3) is 0.353. The monoisotopic (exact) mass is 347 g/mol. The molecule has 6 nitrogen and oxygen atoms in total. The first-order valence-corrected chi connectivity index (χ1v) is 9.57. The normalized spacial score (nSPS) is 16.2. The highest BCUT2D eigenvalue weighted by Gasteiger charge is 2.28. The smallest absolute Gasteiger partial charge is 0.228 e. The maximum absolute atomic E-state index is 12.5. The van der Waals surface area contributed by atoms with Crippen LogP contribution in [0.25, 0.3) is 0 Å². The molecule has 0 spiro atoms. The molecule has 3 rings (SSSR count). The van der Waals surface area contributed by atoms with Crippen LogP contribution in [0.3, 0.4) is 0 Å². The van der Waals surface area contributed by atoms with E-state index in [1.165, 1.54) is 4.31 Å². The number of nitrogens with one attached hydrogen (secondary N) is 1. The molecule has 0 unspecified atom stereocenters. The van der Waals surface area contributed by atoms with E-state index in [9.17, 15) is 13.2 Å². The van der Waals surface area contributed by atoms with Gasteiger partial charge in [0.05, 0.1) is 12.2 Å². The summed E-state index contributed by atoms with van der Waals surface area (Å²) < 4.78 is 26.5. The lowest BCUT2D eigenvalue weighted by Crippen LogP contribution is -2.51. The van der Waals surface area contributed by atoms with E-state index in [0.717, 1.165) is 11.3 Å². The summed E-state index contributed by atoms with van der Waals surface area (Å²) in [6, 6.07) is 12.9. The van der Waals surface area contributed by atoms with Crippen molar-refractivity contribution in [2.75, 3.05) is 26.2 Å². The summed E-state index contributed by atoms with van der Waals surface area (Å²) in [5.74, 6) is 0.0297. The molecule has 24 heavy (non-hydrogen) atoms. The number of sulfonamides is 1. The predicted molar refractivity (Wildman–Crippen MR) is 91.7 cm³/mol. The molecule has 0 atom stereocenters. The van der Waals surface area contributed by atoms with Gasteiger partial charge >= 0.3 is 0 Å². The second kappa shape index (κ2) is 7.19. The molecule has 7 heteroatoms. The molecule has 0 saturated carbocycles. The first-order chi connectivity index (χ1) is 11.5. The average molecular weight is 347 g/mol. The molecule has 1 aromatic carbocycles. The molecule has 2 heterocycles. The zero-order valence-electron chi connectivity index (χ0n) is 13.4. The summed E-state index contributed by atoms with van der Waals surface area (Å²) in [6.07, 6.45) is 2.11. The summed E-state index contributed by atoms with van der Waals surface area (Å²) in [7, 11) is -3.35. The number of hydrogen-bond donors (Lipinski definition) is 1. The number of amides is 1. The number of aromatic nitrogens is 1. The quantitative estimate of drug-likeness (QED) is 0.884. The third kappa shape index (κ3) is 4.04. The summed E-state index contributed by atoms with van der Waals surface area (Å²) in [4.78, 5) is 17.0. The third-order valence-electron chi connectivity index (χ3n) is 4.18. The SMILES string of the molecule is O=C(Cc1ccc[nH]1)N1CCN(S(=O)(=O)Cc2ccccc2)CC1. The Morgan fingerprint density at radius 2 is 1.71 bits per heavy atom. The van der Waals surface area contributed by atoms with Gasteiger partial charge in [0.15, 0.2) is 0 Å². The zero-order valence-corrected chi connectivity index (χ0v) is 14.2. The van der Waals surface area contributed by atoms with Gasteiger partial charge in [0.2, 0.25) is 15.9 Å². The minimum atomic E-state index is -3.35. The number of hydrogen-bond acceptors (Lipinski definition) is 3. The van der Waals surface area contributed by atoms with E-state index in [0.29, 0.717) is 32.6 Å². The van der Waals surface area contributed by atoms with Crippen molar-refractivity contribution >= 4 is 15.9 Å². The van der Waals surface area contributed by atoms with Crippen molar-refractivity contribution in [2.45, 2.75) is 12.2 Å². The van der Waals surface area contributed by atoms with E-state index < -0.39 is 10.0 Å². The summed E-state index contributed by atoms with van der Waals surface area (Å²) in [5.41, 5.74) is 1.65. The molecule has 1 fully saturated rings. The first kappa shape index (κ1) is 16.7. The van der Waals surface area contributed by atoms with Crippen LogP contribution in [-0.2, 0) is 27.0 Å². The minimum Gasteiger partial charge on any atom is -0.365 e. The van der Waals surface area contributed by atoms with E-state index in [1.807, 2.05) is 42.5 Å². The Morgan fingerprint density at radius 3 is 2.33 bits per heavy atom. The minimum absolute atomic E-state index is 0.00423. The van der Waals surface area contributed by atoms with Crippen LogP contribution in [-0.4, -0.2) is 54.7 Å². The number of carbonyl (C=O) groups excluding carboxylic acids is 1. The molecule has 0 bridgehead atoms. The van der Waals surface area contributed by atoms with Gasteiger partial charge in [0.1, 0.15) is 0 Å². The number of carbonyl (C=O) groups is 1. The number of aromatic amines is 1. The van der Waals surface area contributed by atoms with Crippen LogP contribution < -0.4 is 0 Å². The molecule has 128 valence electrons. The first-order valence-electron chi connectivity index (χ1n) is 7.96. The number of H-pyrrole nitrogens is 1. The van der Waals surface area contributed by atoms with Crippen molar-refractivity contribution < 1.29 is 13.2 Å². The highest BCUT2D eigenvalue weighted by atomic mass is 32.2. The van der Waals surface area contributed by atoms with Crippen molar-refractivity contribution in [1.82, 2.24) is 14.2 Å². The third-order valence-corrected chi connectivity index (χ3v) is 6.03. The van der Waals surface area contributed by atoms with E-state index in [2.05, 4.69) is 4.98 Å². The van der Waals surface area contributed by atoms with Gasteiger partial charge in [-0.2, -0.15) is 4.31 Å². The Hall–Kier alpha value is -2.12. The molecule has 1 aliphatic heterocycles. The lowest BCUT2D eigenvalue weighted by atomic mass is 10.2. The molecule has 2 aromatic rings. The van der Waals surface area contributed by atoms with Gasteiger partial charge in [0.25, 0.3) is 0 Å². The summed E-state index contributed by atoms with van der Waals surface area (Å²) in [6.45, 7) is 1.58. The second-order valence-corrected chi connectivity index (χ2v) is 7.86. The number of piperazine rings is 1. The summed E-state index contributed by atoms with van der Waals surface area (Å²) >= 11 is 0. The van der Waals surface area contributed by atoms with Crippen molar-refractivity contribution in [3.05, 3.63) is 59.9 Å². The highest BCUT2D eigenvalue weighted by Crippen LogP contribution is 2.14. The van der Waals surface area contributed by atoms with Crippen LogP contribution in [0.4, 0.5) is 0 Å². The van der Waals surface area contributed by atoms with Gasteiger partial charge in [-0.15, -0.1) is 0 Å². The molecule has 1 N–H and O–H groups in total. The number of benzene rings is 1. The maximum Gasteiger partial charge on any atom is 0.228 e. The molecule has 0 aliphatic carbocycles. The van der Waals surface area contributed by atoms with Gasteiger partial charge in [-0.05, 0) is 17.7 Å². The molecule has 1 aliphatic rings. The van der Waals surface area contributed by atoms with Gasteiger partial charge in [-0.1, -0.05) is 30.3 Å². The van der Waals surface area contributed by atoms with Crippen molar-refractivity contribution in [3.8, 4) is 0 Å². The Balaban J connectivity index is 1.55. The van der Waals surface area contributed by atoms with Crippen LogP contribution in [0.2, 0.25) is 0 Å². The van der Waals surface area contributed by atoms with E-state index in [1.54, 1.807) is 11.1 Å². The molecule has 1 aromatic heterocycles. The van der Waals surface area contributed by atoms with Crippen molar-refractivity contribution in [1.29, 1.82) is 0 Å². The average Bonchev–Trinajstić information content (AvgIpc) is 3.08. The fourth-order valence-corrected chi connectivity index (χ4v) is 4.36. The van der Waals surface area contributed by atoms with Crippen LogP contribution >= 0.6 is 0 Å². The second-order valence-electron chi connectivity index (χ2n) is 5.89. The Kier molecular flexibility index (Phi) is 5.01. The Labute approximate surface area is 142 Å². The molecule has 1 saturated heterocycles. The Morgan fingerprint density at radius 1 is 1.00 bits per heavy atom. The van der Waals surface area contributed by atoms with E-state index in [4.69, 9.17) is 0 Å². The van der Waals surface area contributed by atoms with Gasteiger partial charge < -0.3 is 9.88 Å². The lowest BCUT2D eigenvalue weighted by Gasteiger charge is -2.34. The fourth-order valence-electron chi connectivity index (χ4n) is 2.84. The molecule has 1 amide bonds. The van der Waals surface area contributed by atoms with E-state index in [-0.39, 0.29) is 11.7 Å². The molecule has 0 radical (unpaired) electrons. The molecular weight excluding hydrogens is 326 g/mol. The van der Waals surface area contributed by atoms with Crippen molar-refractivity contribution in [2.24, 2.45) is 0 Å². The topological polar surface area (TPSA) is 73.5 Å². The number of nitrogens with zero attached hydrogens (tertiary/aromatic N) is 2. The van der Waals surface area contributed by atoms with Crippen LogP contribution in [0.1, 0.15) is 11.3 Å². The highest BCUT2D eigenvalue weighted by molar-refractivity contribution is 7.88. The van der Waals surface area contributed by atoms with Crippen LogP contribution in [0, 0.1) is 0 Å². The lowest BCUT2D eigenvalue weighted by molar-refractivity contribution is -0.131. The predicted octanol–water partition coefficient (Wildman–Crippen LogP) is 1.23. The van der Waals surface area contributed by atoms with Gasteiger partial charge in [0, 0.05) is 38.1 Å². The van der Waals surface area contributed by atoms with Crippen LogP contribution in [0.5, 0.6) is 0 Å². The van der Waals surface area contributed by atoms with Crippen LogP contribution in [0.15, 0.2) is 48.7 Å². The zero-order chi connectivity index (χ0) is 17.0. The van der Waals surface area contributed by atoms with E-state index >= 15 is 0 Å². The number of rotatable bonds is 5. The Bertz CT molecular complexity index is 765. The maximum atomic E-state index is 12.5. The van der Waals surface area contributed by atoms with Gasteiger partial charge in [-0.25, -0.2) is 8.42 Å². The summed E-state index contributed by atoms with van der Waals surface area (Å²) in [5, 5.41) is 0. The largest absolute Gasteiger partial charge is 0.365 e. The standard InChI is InChI=1S/C17H21N3O3S/c21-17(13-16-7-4-8-18-16)19-9-11-20(12-10-19)24(22,23)14-15-5-2-1-3-6-15/h1-8,18H,9-14H2. The van der Waals surface area contributed by atoms with Gasteiger partial charge in [-0.3, -0.25) is 4.79 Å².